The SMILES string of the molecule is COc1cc([C@@H]2CCCN2C(=O)OC(C)(C)C)ccc1CO. The summed E-state index contributed by atoms with van der Waals surface area (Å²) in [6, 6.07) is 5.69. The molecule has 1 fully saturated rings. The number of methoxy groups -OCH3 is 1. The molecule has 0 saturated carbocycles. The third-order valence-corrected chi connectivity index (χ3v) is 3.75. The molecule has 0 aromatic heterocycles. The van der Waals surface area contributed by atoms with Crippen molar-refractivity contribution in [1.29, 1.82) is 0 Å². The number of hydrogen-bond donors (Lipinski definition) is 1. The quantitative estimate of drug-likeness (QED) is 0.931. The summed E-state index contributed by atoms with van der Waals surface area (Å²) in [5.41, 5.74) is 1.26. The summed E-state index contributed by atoms with van der Waals surface area (Å²) >= 11 is 0. The molecule has 1 saturated heterocycles. The summed E-state index contributed by atoms with van der Waals surface area (Å²) in [6.45, 7) is 6.24. The van der Waals surface area contributed by atoms with Gasteiger partial charge in [-0.3, -0.25) is 0 Å². The number of amides is 1. The van der Waals surface area contributed by atoms with Gasteiger partial charge >= 0.3 is 6.09 Å². The van der Waals surface area contributed by atoms with Crippen molar-refractivity contribution in [2.45, 2.75) is 51.9 Å². The number of carbonyl (C=O) groups excluding carboxylic acids is 1. The number of benzene rings is 1. The Hall–Kier alpha value is -1.75. The van der Waals surface area contributed by atoms with Crippen LogP contribution in [-0.4, -0.2) is 35.4 Å². The minimum atomic E-state index is -0.497. The van der Waals surface area contributed by atoms with E-state index in [1.54, 1.807) is 12.0 Å². The molecule has 1 aromatic carbocycles. The van der Waals surface area contributed by atoms with Crippen molar-refractivity contribution in [2.24, 2.45) is 0 Å². The molecule has 2 rings (SSSR count). The van der Waals surface area contributed by atoms with Crippen LogP contribution in [0.4, 0.5) is 4.79 Å². The number of aliphatic hydroxyl groups is 1. The Bertz CT molecular complexity index is 536. The normalized spacial score (nSPS) is 18.4. The number of hydrogen-bond acceptors (Lipinski definition) is 4. The van der Waals surface area contributed by atoms with Crippen LogP contribution in [0.25, 0.3) is 0 Å². The van der Waals surface area contributed by atoms with Gasteiger partial charge in [-0.25, -0.2) is 4.79 Å². The lowest BCUT2D eigenvalue weighted by Gasteiger charge is -2.29. The van der Waals surface area contributed by atoms with E-state index < -0.39 is 5.60 Å². The molecule has 1 heterocycles. The van der Waals surface area contributed by atoms with Crippen LogP contribution in [0.15, 0.2) is 18.2 Å². The fourth-order valence-corrected chi connectivity index (χ4v) is 2.75. The second-order valence-electron chi connectivity index (χ2n) is 6.56. The first-order chi connectivity index (χ1) is 10.4. The van der Waals surface area contributed by atoms with Gasteiger partial charge in [0.05, 0.1) is 19.8 Å². The van der Waals surface area contributed by atoms with Crippen LogP contribution in [0, 0.1) is 0 Å². The summed E-state index contributed by atoms with van der Waals surface area (Å²) in [7, 11) is 1.58. The maximum Gasteiger partial charge on any atom is 0.410 e. The third-order valence-electron chi connectivity index (χ3n) is 3.75. The summed E-state index contributed by atoms with van der Waals surface area (Å²) in [5, 5.41) is 9.31. The Kier molecular flexibility index (Phi) is 4.96. The van der Waals surface area contributed by atoms with Gasteiger partial charge in [0.1, 0.15) is 11.4 Å². The zero-order valence-corrected chi connectivity index (χ0v) is 13.8. The number of carbonyl (C=O) groups is 1. The van der Waals surface area contributed by atoms with Gasteiger partial charge < -0.3 is 19.5 Å². The topological polar surface area (TPSA) is 59.0 Å². The lowest BCUT2D eigenvalue weighted by molar-refractivity contribution is 0.0224. The van der Waals surface area contributed by atoms with Gasteiger partial charge in [0.2, 0.25) is 0 Å². The summed E-state index contributed by atoms with van der Waals surface area (Å²) < 4.78 is 10.8. The molecule has 1 aliphatic rings. The van der Waals surface area contributed by atoms with Crippen LogP contribution < -0.4 is 4.74 Å². The van der Waals surface area contributed by atoms with E-state index in [1.165, 1.54) is 0 Å². The summed E-state index contributed by atoms with van der Waals surface area (Å²) in [5.74, 6) is 0.649. The highest BCUT2D eigenvalue weighted by Crippen LogP contribution is 2.35. The fraction of sp³-hybridized carbons (Fsp3) is 0.588. The van der Waals surface area contributed by atoms with Gasteiger partial charge in [0, 0.05) is 12.1 Å². The third kappa shape index (κ3) is 3.71. The molecule has 5 nitrogen and oxygen atoms in total. The largest absolute Gasteiger partial charge is 0.496 e. The fourth-order valence-electron chi connectivity index (χ4n) is 2.75. The average Bonchev–Trinajstić information content (AvgIpc) is 2.94. The van der Waals surface area contributed by atoms with Crippen molar-refractivity contribution >= 4 is 6.09 Å². The molecule has 1 N–H and O–H groups in total. The molecule has 1 aromatic rings. The van der Waals surface area contributed by atoms with E-state index in [0.717, 1.165) is 24.0 Å². The molecule has 122 valence electrons. The standard InChI is InChI=1S/C17H25NO4/c1-17(2,3)22-16(20)18-9-5-6-14(18)12-7-8-13(11-19)15(10-12)21-4/h7-8,10,14,19H,5-6,9,11H2,1-4H3/t14-/m0/s1. The Labute approximate surface area is 131 Å². The van der Waals surface area contributed by atoms with E-state index in [2.05, 4.69) is 0 Å². The highest BCUT2D eigenvalue weighted by Gasteiger charge is 2.33. The first-order valence-corrected chi connectivity index (χ1v) is 7.63. The molecule has 1 amide bonds. The van der Waals surface area contributed by atoms with Crippen LogP contribution >= 0.6 is 0 Å². The molecular formula is C17H25NO4. The van der Waals surface area contributed by atoms with E-state index in [-0.39, 0.29) is 18.7 Å². The first-order valence-electron chi connectivity index (χ1n) is 7.63. The van der Waals surface area contributed by atoms with Crippen molar-refractivity contribution in [2.75, 3.05) is 13.7 Å². The van der Waals surface area contributed by atoms with E-state index >= 15 is 0 Å². The molecule has 0 unspecified atom stereocenters. The van der Waals surface area contributed by atoms with E-state index in [4.69, 9.17) is 9.47 Å². The Morgan fingerprint density at radius 1 is 1.41 bits per heavy atom. The van der Waals surface area contributed by atoms with Gasteiger partial charge in [-0.2, -0.15) is 0 Å². The van der Waals surface area contributed by atoms with Crippen molar-refractivity contribution in [3.05, 3.63) is 29.3 Å². The molecule has 0 radical (unpaired) electrons. The second kappa shape index (κ2) is 6.57. The Morgan fingerprint density at radius 3 is 2.73 bits per heavy atom. The number of rotatable bonds is 3. The molecule has 0 aliphatic carbocycles. The maximum atomic E-state index is 12.4. The summed E-state index contributed by atoms with van der Waals surface area (Å²) in [6.07, 6.45) is 1.58. The first kappa shape index (κ1) is 16.6. The van der Waals surface area contributed by atoms with Gasteiger partial charge in [-0.05, 0) is 45.2 Å². The maximum absolute atomic E-state index is 12.4. The predicted molar refractivity (Wildman–Crippen MR) is 83.8 cm³/mol. The van der Waals surface area contributed by atoms with Crippen LogP contribution in [0.1, 0.15) is 50.8 Å². The number of likely N-dealkylation sites (tertiary alicyclic amines) is 1. The van der Waals surface area contributed by atoms with Crippen molar-refractivity contribution in [1.82, 2.24) is 4.90 Å². The lowest BCUT2D eigenvalue weighted by Crippen LogP contribution is -2.36. The summed E-state index contributed by atoms with van der Waals surface area (Å²) in [4.78, 5) is 14.1. The molecule has 0 spiro atoms. The molecule has 1 atom stereocenters. The van der Waals surface area contributed by atoms with E-state index in [9.17, 15) is 9.90 Å². The number of nitrogens with zero attached hydrogens (tertiary/aromatic N) is 1. The molecule has 5 heteroatoms. The lowest BCUT2D eigenvalue weighted by atomic mass is 10.0. The molecule has 22 heavy (non-hydrogen) atoms. The number of aliphatic hydroxyl groups excluding tert-OH is 1. The van der Waals surface area contributed by atoms with Crippen molar-refractivity contribution in [3.63, 3.8) is 0 Å². The van der Waals surface area contributed by atoms with Crippen LogP contribution in [0.5, 0.6) is 5.75 Å². The van der Waals surface area contributed by atoms with Gasteiger partial charge in [0.15, 0.2) is 0 Å². The highest BCUT2D eigenvalue weighted by atomic mass is 16.6. The van der Waals surface area contributed by atoms with E-state index in [1.807, 2.05) is 39.0 Å². The molecule has 1 aliphatic heterocycles. The Balaban J connectivity index is 2.22. The predicted octanol–water partition coefficient (Wildman–Crippen LogP) is 3.26. The molecular weight excluding hydrogens is 282 g/mol. The molecule has 0 bridgehead atoms. The van der Waals surface area contributed by atoms with E-state index in [0.29, 0.717) is 12.3 Å². The zero-order chi connectivity index (χ0) is 16.3. The second-order valence-corrected chi connectivity index (χ2v) is 6.56. The zero-order valence-electron chi connectivity index (χ0n) is 13.8. The van der Waals surface area contributed by atoms with Crippen LogP contribution in [0.2, 0.25) is 0 Å². The Morgan fingerprint density at radius 2 is 2.14 bits per heavy atom. The van der Waals surface area contributed by atoms with Crippen molar-refractivity contribution < 1.29 is 19.4 Å². The van der Waals surface area contributed by atoms with Crippen LogP contribution in [0.3, 0.4) is 0 Å². The monoisotopic (exact) mass is 307 g/mol. The van der Waals surface area contributed by atoms with Crippen molar-refractivity contribution in [3.8, 4) is 5.75 Å². The number of ether oxygens (including phenoxy) is 2. The van der Waals surface area contributed by atoms with Gasteiger partial charge in [-0.1, -0.05) is 12.1 Å². The minimum absolute atomic E-state index is 0.00325. The van der Waals surface area contributed by atoms with Gasteiger partial charge in [-0.15, -0.1) is 0 Å². The highest BCUT2D eigenvalue weighted by molar-refractivity contribution is 5.69. The van der Waals surface area contributed by atoms with Gasteiger partial charge in [0.25, 0.3) is 0 Å². The van der Waals surface area contributed by atoms with Crippen LogP contribution in [-0.2, 0) is 11.3 Å². The minimum Gasteiger partial charge on any atom is -0.496 e. The smallest absolute Gasteiger partial charge is 0.410 e. The average molecular weight is 307 g/mol.